The number of aliphatic hydroxyl groups is 1. The maximum atomic E-state index is 12.8. The second kappa shape index (κ2) is 7.69. The average molecular weight is 380 g/mol. The third kappa shape index (κ3) is 3.98. The number of carbonyl (C=O) groups is 1. The molecule has 1 saturated carbocycles. The Labute approximate surface area is 166 Å². The number of likely N-dealkylation sites (tertiary alicyclic amines) is 1. The zero-order chi connectivity index (χ0) is 19.7. The van der Waals surface area contributed by atoms with Crippen molar-refractivity contribution < 1.29 is 15.0 Å². The SMILES string of the molecule is CC(C(=O)c1ccc(O)cc1)N1CC2CC(O)(CCc3ccccc3)CC2C1. The minimum absolute atomic E-state index is 0.0966. The van der Waals surface area contributed by atoms with Crippen LogP contribution < -0.4 is 0 Å². The predicted molar refractivity (Wildman–Crippen MR) is 109 cm³/mol. The van der Waals surface area contributed by atoms with Gasteiger partial charge in [-0.15, -0.1) is 0 Å². The molecule has 0 bridgehead atoms. The maximum absolute atomic E-state index is 12.8. The largest absolute Gasteiger partial charge is 0.508 e. The Morgan fingerprint density at radius 1 is 1.07 bits per heavy atom. The fraction of sp³-hybridized carbons (Fsp3) is 0.458. The van der Waals surface area contributed by atoms with Crippen molar-refractivity contribution in [2.45, 2.75) is 44.2 Å². The molecular weight excluding hydrogens is 350 g/mol. The lowest BCUT2D eigenvalue weighted by Gasteiger charge is -2.28. The first-order chi connectivity index (χ1) is 13.4. The highest BCUT2D eigenvalue weighted by molar-refractivity contribution is 5.99. The van der Waals surface area contributed by atoms with Crippen LogP contribution in [0.25, 0.3) is 0 Å². The van der Waals surface area contributed by atoms with Gasteiger partial charge in [-0.2, -0.15) is 0 Å². The Kier molecular flexibility index (Phi) is 5.26. The summed E-state index contributed by atoms with van der Waals surface area (Å²) >= 11 is 0. The lowest BCUT2D eigenvalue weighted by Crippen LogP contribution is -2.39. The molecule has 2 aromatic carbocycles. The number of carbonyl (C=O) groups excluding carboxylic acids is 1. The van der Waals surface area contributed by atoms with E-state index in [1.165, 1.54) is 5.56 Å². The zero-order valence-corrected chi connectivity index (χ0v) is 16.4. The topological polar surface area (TPSA) is 60.8 Å². The highest BCUT2D eigenvalue weighted by atomic mass is 16.3. The molecule has 0 spiro atoms. The van der Waals surface area contributed by atoms with E-state index in [1.54, 1.807) is 24.3 Å². The number of ketones is 1. The van der Waals surface area contributed by atoms with Crippen molar-refractivity contribution in [3.05, 3.63) is 65.7 Å². The maximum Gasteiger partial charge on any atom is 0.179 e. The van der Waals surface area contributed by atoms with Crippen molar-refractivity contribution in [2.24, 2.45) is 11.8 Å². The first kappa shape index (κ1) is 19.2. The van der Waals surface area contributed by atoms with Crippen LogP contribution in [-0.4, -0.2) is 45.6 Å². The molecule has 4 heteroatoms. The van der Waals surface area contributed by atoms with Crippen LogP contribution in [0.5, 0.6) is 5.75 Å². The second-order valence-electron chi connectivity index (χ2n) is 8.68. The minimum Gasteiger partial charge on any atom is -0.508 e. The number of fused-ring (bicyclic) bond motifs is 1. The number of aryl methyl sites for hydroxylation is 1. The number of hydrogen-bond donors (Lipinski definition) is 2. The molecular formula is C24H29NO3. The molecule has 4 rings (SSSR count). The van der Waals surface area contributed by atoms with E-state index in [0.717, 1.165) is 38.8 Å². The molecule has 2 aliphatic rings. The number of hydrogen-bond acceptors (Lipinski definition) is 4. The third-order valence-corrected chi connectivity index (χ3v) is 6.69. The van der Waals surface area contributed by atoms with Gasteiger partial charge in [0.1, 0.15) is 5.75 Å². The smallest absolute Gasteiger partial charge is 0.179 e. The molecule has 1 heterocycles. The van der Waals surface area contributed by atoms with Crippen molar-refractivity contribution in [3.8, 4) is 5.75 Å². The number of phenolic OH excluding ortho intramolecular Hbond substituents is 1. The molecule has 1 aliphatic carbocycles. The highest BCUT2D eigenvalue weighted by Crippen LogP contribution is 2.46. The van der Waals surface area contributed by atoms with Crippen molar-refractivity contribution in [2.75, 3.05) is 13.1 Å². The lowest BCUT2D eigenvalue weighted by atomic mass is 9.91. The van der Waals surface area contributed by atoms with Crippen LogP contribution in [-0.2, 0) is 6.42 Å². The summed E-state index contributed by atoms with van der Waals surface area (Å²) in [4.78, 5) is 15.0. The zero-order valence-electron chi connectivity index (χ0n) is 16.4. The summed E-state index contributed by atoms with van der Waals surface area (Å²) in [5.74, 6) is 1.21. The minimum atomic E-state index is -0.568. The molecule has 2 N–H and O–H groups in total. The van der Waals surface area contributed by atoms with Crippen LogP contribution in [0.4, 0.5) is 0 Å². The van der Waals surface area contributed by atoms with Crippen molar-refractivity contribution >= 4 is 5.78 Å². The van der Waals surface area contributed by atoms with Crippen LogP contribution in [0.15, 0.2) is 54.6 Å². The van der Waals surface area contributed by atoms with Crippen LogP contribution >= 0.6 is 0 Å². The molecule has 1 saturated heterocycles. The Bertz CT molecular complexity index is 804. The summed E-state index contributed by atoms with van der Waals surface area (Å²) in [5, 5.41) is 20.5. The van der Waals surface area contributed by atoms with E-state index in [9.17, 15) is 15.0 Å². The fourth-order valence-corrected chi connectivity index (χ4v) is 5.07. The van der Waals surface area contributed by atoms with Gasteiger partial charge in [0.2, 0.25) is 0 Å². The molecule has 148 valence electrons. The number of rotatable bonds is 6. The predicted octanol–water partition coefficient (Wildman–Crippen LogP) is 3.67. The Morgan fingerprint density at radius 2 is 1.68 bits per heavy atom. The van der Waals surface area contributed by atoms with E-state index in [2.05, 4.69) is 17.0 Å². The first-order valence-electron chi connectivity index (χ1n) is 10.3. The Hall–Kier alpha value is -2.17. The summed E-state index contributed by atoms with van der Waals surface area (Å²) in [7, 11) is 0. The van der Waals surface area contributed by atoms with E-state index in [-0.39, 0.29) is 17.6 Å². The summed E-state index contributed by atoms with van der Waals surface area (Å²) in [6.07, 6.45) is 3.39. The van der Waals surface area contributed by atoms with E-state index in [0.29, 0.717) is 17.4 Å². The quantitative estimate of drug-likeness (QED) is 0.752. The van der Waals surface area contributed by atoms with Gasteiger partial charge in [0.15, 0.2) is 5.78 Å². The number of aromatic hydroxyl groups is 1. The fourth-order valence-electron chi connectivity index (χ4n) is 5.07. The standard InChI is InChI=1S/C24H29NO3/c1-17(23(27)19-7-9-22(26)10-8-19)25-15-20-13-24(28,14-21(20)16-25)12-11-18-5-3-2-4-6-18/h2-10,17,20-21,26,28H,11-16H2,1H3. The van der Waals surface area contributed by atoms with Crippen LogP contribution in [0, 0.1) is 11.8 Å². The van der Waals surface area contributed by atoms with Gasteiger partial charge < -0.3 is 10.2 Å². The number of phenols is 1. The lowest BCUT2D eigenvalue weighted by molar-refractivity contribution is 0.0255. The average Bonchev–Trinajstić information content (AvgIpc) is 3.22. The number of nitrogens with zero attached hydrogens (tertiary/aromatic N) is 1. The van der Waals surface area contributed by atoms with Gasteiger partial charge >= 0.3 is 0 Å². The molecule has 3 unspecified atom stereocenters. The van der Waals surface area contributed by atoms with E-state index in [4.69, 9.17) is 0 Å². The van der Waals surface area contributed by atoms with Crippen molar-refractivity contribution in [1.29, 1.82) is 0 Å². The third-order valence-electron chi connectivity index (χ3n) is 6.69. The van der Waals surface area contributed by atoms with Gasteiger partial charge in [-0.1, -0.05) is 30.3 Å². The monoisotopic (exact) mass is 379 g/mol. The van der Waals surface area contributed by atoms with Crippen molar-refractivity contribution in [1.82, 2.24) is 4.90 Å². The molecule has 1 aliphatic heterocycles. The van der Waals surface area contributed by atoms with Crippen LogP contribution in [0.3, 0.4) is 0 Å². The molecule has 2 fully saturated rings. The van der Waals surface area contributed by atoms with Gasteiger partial charge in [-0.3, -0.25) is 9.69 Å². The van der Waals surface area contributed by atoms with Gasteiger partial charge in [-0.25, -0.2) is 0 Å². The second-order valence-corrected chi connectivity index (χ2v) is 8.68. The molecule has 28 heavy (non-hydrogen) atoms. The van der Waals surface area contributed by atoms with Crippen LogP contribution in [0.1, 0.15) is 42.1 Å². The first-order valence-corrected chi connectivity index (χ1v) is 10.3. The van der Waals surface area contributed by atoms with Gasteiger partial charge in [0, 0.05) is 18.7 Å². The van der Waals surface area contributed by atoms with Gasteiger partial charge in [0.05, 0.1) is 11.6 Å². The van der Waals surface area contributed by atoms with E-state index < -0.39 is 5.60 Å². The number of benzene rings is 2. The summed E-state index contributed by atoms with van der Waals surface area (Å²) in [6, 6.07) is 16.7. The van der Waals surface area contributed by atoms with E-state index in [1.807, 2.05) is 25.1 Å². The molecule has 0 amide bonds. The molecule has 0 radical (unpaired) electrons. The summed E-state index contributed by atoms with van der Waals surface area (Å²) in [6.45, 7) is 3.73. The van der Waals surface area contributed by atoms with Gasteiger partial charge in [-0.05, 0) is 74.3 Å². The Balaban J connectivity index is 1.33. The number of Topliss-reactive ketones (excluding diaryl/α,β-unsaturated/α-hetero) is 1. The molecule has 2 aromatic rings. The Morgan fingerprint density at radius 3 is 2.29 bits per heavy atom. The molecule has 4 nitrogen and oxygen atoms in total. The normalized spacial score (nSPS) is 28.2. The van der Waals surface area contributed by atoms with Crippen LogP contribution in [0.2, 0.25) is 0 Å². The van der Waals surface area contributed by atoms with Crippen molar-refractivity contribution in [3.63, 3.8) is 0 Å². The highest BCUT2D eigenvalue weighted by Gasteiger charge is 2.49. The summed E-state index contributed by atoms with van der Waals surface area (Å²) < 4.78 is 0. The molecule has 0 aromatic heterocycles. The van der Waals surface area contributed by atoms with Gasteiger partial charge in [0.25, 0.3) is 0 Å². The molecule has 3 atom stereocenters. The summed E-state index contributed by atoms with van der Waals surface area (Å²) in [5.41, 5.74) is 1.35. The van der Waals surface area contributed by atoms with E-state index >= 15 is 0 Å².